The zero-order chi connectivity index (χ0) is 34.8. The fourth-order valence-electron chi connectivity index (χ4n) is 4.36. The van der Waals surface area contributed by atoms with Crippen molar-refractivity contribution in [1.82, 2.24) is 0 Å². The fourth-order valence-corrected chi connectivity index (χ4v) is 4.36. The molecule has 5 aromatic carbocycles. The van der Waals surface area contributed by atoms with Crippen molar-refractivity contribution < 1.29 is 38.9 Å². The molecule has 8 N–H and O–H groups in total. The lowest BCUT2D eigenvalue weighted by molar-refractivity contribution is 0.214. The van der Waals surface area contributed by atoms with Crippen molar-refractivity contribution >= 4 is 58.4 Å². The van der Waals surface area contributed by atoms with Gasteiger partial charge in [-0.3, -0.25) is 10.6 Å². The van der Waals surface area contributed by atoms with Crippen molar-refractivity contribution in [2.24, 2.45) is 0 Å². The molecule has 14 heteroatoms. The summed E-state index contributed by atoms with van der Waals surface area (Å²) in [6, 6.07) is 28.2. The van der Waals surface area contributed by atoms with Gasteiger partial charge in [0.15, 0.2) is 0 Å². The number of anilines is 6. The number of hydrogen-bond acceptors (Lipinski definition) is 8. The summed E-state index contributed by atoms with van der Waals surface area (Å²) in [7, 11) is 0. The first-order valence-corrected chi connectivity index (χ1v) is 14.6. The van der Waals surface area contributed by atoms with E-state index in [-0.39, 0.29) is 23.0 Å². The van der Waals surface area contributed by atoms with Gasteiger partial charge >= 0.3 is 24.2 Å². The second-order valence-electron chi connectivity index (χ2n) is 10.4. The average molecular weight is 663 g/mol. The van der Waals surface area contributed by atoms with Crippen molar-refractivity contribution in [2.75, 3.05) is 31.9 Å². The highest BCUT2D eigenvalue weighted by molar-refractivity contribution is 6.01. The SMILES string of the molecule is Cc1ccc(NC(=O)Oc2cccc(NC(=O)Nc3cccc(O)c3)c2)cc1NC(=O)Oc1cccc(NC(=O)Nc2cccc(O)c2)c1. The number of hydrogen-bond donors (Lipinski definition) is 8. The lowest BCUT2D eigenvalue weighted by Crippen LogP contribution is -2.20. The normalized spacial score (nSPS) is 10.2. The van der Waals surface area contributed by atoms with Gasteiger partial charge in [-0.05, 0) is 73.2 Å². The summed E-state index contributed by atoms with van der Waals surface area (Å²) in [6.07, 6.45) is -1.64. The summed E-state index contributed by atoms with van der Waals surface area (Å²) in [5, 5.41) is 34.8. The Morgan fingerprint density at radius 1 is 0.469 bits per heavy atom. The maximum Gasteiger partial charge on any atom is 0.417 e. The maximum absolute atomic E-state index is 12.7. The van der Waals surface area contributed by atoms with E-state index in [1.165, 1.54) is 54.6 Å². The molecule has 0 unspecified atom stereocenters. The molecule has 14 nitrogen and oxygen atoms in total. The first-order chi connectivity index (χ1) is 23.6. The van der Waals surface area contributed by atoms with Gasteiger partial charge in [-0.25, -0.2) is 19.2 Å². The van der Waals surface area contributed by atoms with E-state index in [2.05, 4.69) is 31.9 Å². The summed E-state index contributed by atoms with van der Waals surface area (Å²) in [5.74, 6) is 0.302. The molecular formula is C35H30N6O8. The van der Waals surface area contributed by atoms with Gasteiger partial charge in [0, 0.05) is 58.4 Å². The van der Waals surface area contributed by atoms with Crippen LogP contribution in [0.25, 0.3) is 0 Å². The van der Waals surface area contributed by atoms with Crippen LogP contribution < -0.4 is 41.4 Å². The lowest BCUT2D eigenvalue weighted by atomic mass is 10.2. The van der Waals surface area contributed by atoms with Crippen LogP contribution in [0.4, 0.5) is 53.3 Å². The molecule has 0 fully saturated rings. The van der Waals surface area contributed by atoms with Gasteiger partial charge in [0.25, 0.3) is 0 Å². The smallest absolute Gasteiger partial charge is 0.417 e. The summed E-state index contributed by atoms with van der Waals surface area (Å²) in [4.78, 5) is 50.1. The molecule has 0 saturated heterocycles. The summed E-state index contributed by atoms with van der Waals surface area (Å²) in [5.41, 5.74) is 2.82. The number of aryl methyl sites for hydroxylation is 1. The summed E-state index contributed by atoms with van der Waals surface area (Å²) < 4.78 is 10.8. The quantitative estimate of drug-likeness (QED) is 0.0819. The fraction of sp³-hybridized carbons (Fsp3) is 0.0286. The monoisotopic (exact) mass is 662 g/mol. The van der Waals surface area contributed by atoms with Gasteiger partial charge < -0.3 is 41.0 Å². The van der Waals surface area contributed by atoms with Crippen LogP contribution in [0.1, 0.15) is 5.56 Å². The Morgan fingerprint density at radius 2 is 0.878 bits per heavy atom. The first kappa shape index (κ1) is 33.2. The Labute approximate surface area is 279 Å². The van der Waals surface area contributed by atoms with Crippen LogP contribution in [-0.2, 0) is 0 Å². The van der Waals surface area contributed by atoms with E-state index in [9.17, 15) is 29.4 Å². The van der Waals surface area contributed by atoms with Crippen molar-refractivity contribution in [1.29, 1.82) is 0 Å². The predicted octanol–water partition coefficient (Wildman–Crippen LogP) is 7.92. The predicted molar refractivity (Wildman–Crippen MR) is 185 cm³/mol. The Morgan fingerprint density at radius 3 is 1.35 bits per heavy atom. The number of carbonyl (C=O) groups excluding carboxylic acids is 4. The number of ether oxygens (including phenoxy) is 2. The Balaban J connectivity index is 1.13. The van der Waals surface area contributed by atoms with Crippen LogP contribution in [-0.4, -0.2) is 34.5 Å². The molecule has 0 aliphatic carbocycles. The maximum atomic E-state index is 12.7. The number of urea groups is 2. The van der Waals surface area contributed by atoms with Gasteiger partial charge in [-0.2, -0.15) is 0 Å². The number of phenols is 2. The molecule has 0 spiro atoms. The molecule has 0 saturated carbocycles. The first-order valence-electron chi connectivity index (χ1n) is 14.6. The van der Waals surface area contributed by atoms with E-state index in [0.29, 0.717) is 39.7 Å². The third-order valence-corrected chi connectivity index (χ3v) is 6.53. The largest absolute Gasteiger partial charge is 0.508 e. The molecule has 0 aliphatic rings. The molecule has 0 atom stereocenters. The number of nitrogens with one attached hydrogen (secondary N) is 6. The number of phenolic OH excluding ortho intramolecular Hbond substituents is 2. The molecule has 0 aliphatic heterocycles. The Kier molecular flexibility index (Phi) is 10.4. The number of carbonyl (C=O) groups is 4. The van der Waals surface area contributed by atoms with Crippen molar-refractivity contribution in [3.63, 3.8) is 0 Å². The van der Waals surface area contributed by atoms with Crippen LogP contribution in [0, 0.1) is 6.92 Å². The molecular weight excluding hydrogens is 632 g/mol. The second-order valence-corrected chi connectivity index (χ2v) is 10.4. The van der Waals surface area contributed by atoms with Crippen LogP contribution in [0.15, 0.2) is 115 Å². The number of benzene rings is 5. The van der Waals surface area contributed by atoms with Gasteiger partial charge in [0.2, 0.25) is 0 Å². The van der Waals surface area contributed by atoms with E-state index in [4.69, 9.17) is 9.47 Å². The standard InChI is InChI=1S/C35H30N6O8/c1-21-14-15-26(40-34(46)48-29-12-4-8-24(18-29)38-32(44)36-22-6-2-10-27(42)16-22)20-31(21)41-35(47)49-30-13-5-9-25(19-30)39-33(45)37-23-7-3-11-28(43)17-23/h2-20,42-43H,1H3,(H,40,46)(H,41,47)(H2,36,38,44)(H2,37,39,45). The molecule has 49 heavy (non-hydrogen) atoms. The zero-order valence-corrected chi connectivity index (χ0v) is 25.8. The van der Waals surface area contributed by atoms with E-state index in [1.807, 2.05) is 0 Å². The molecule has 0 heterocycles. The minimum absolute atomic E-state index is 0.00205. The van der Waals surface area contributed by atoms with Crippen LogP contribution in [0.2, 0.25) is 0 Å². The molecule has 248 valence electrons. The van der Waals surface area contributed by atoms with Crippen molar-refractivity contribution in [3.8, 4) is 23.0 Å². The zero-order valence-electron chi connectivity index (χ0n) is 25.8. The average Bonchev–Trinajstić information content (AvgIpc) is 3.03. The van der Waals surface area contributed by atoms with E-state index in [0.717, 1.165) is 0 Å². The highest BCUT2D eigenvalue weighted by atomic mass is 16.6. The van der Waals surface area contributed by atoms with E-state index < -0.39 is 24.2 Å². The molecule has 5 rings (SSSR count). The second kappa shape index (κ2) is 15.4. The Hall–Kier alpha value is -7.22. The minimum Gasteiger partial charge on any atom is -0.508 e. The third-order valence-electron chi connectivity index (χ3n) is 6.53. The van der Waals surface area contributed by atoms with Gasteiger partial charge in [-0.15, -0.1) is 0 Å². The number of aromatic hydroxyl groups is 2. The molecule has 0 radical (unpaired) electrons. The van der Waals surface area contributed by atoms with Gasteiger partial charge in [-0.1, -0.05) is 30.3 Å². The highest BCUT2D eigenvalue weighted by Gasteiger charge is 2.13. The van der Waals surface area contributed by atoms with Crippen LogP contribution in [0.5, 0.6) is 23.0 Å². The Bertz CT molecular complexity index is 2020. The highest BCUT2D eigenvalue weighted by Crippen LogP contribution is 2.24. The molecule has 5 aromatic rings. The van der Waals surface area contributed by atoms with E-state index >= 15 is 0 Å². The van der Waals surface area contributed by atoms with Crippen molar-refractivity contribution in [3.05, 3.63) is 121 Å². The molecule has 0 aromatic heterocycles. The lowest BCUT2D eigenvalue weighted by Gasteiger charge is -2.13. The van der Waals surface area contributed by atoms with Gasteiger partial charge in [0.1, 0.15) is 23.0 Å². The molecule has 0 bridgehead atoms. The summed E-state index contributed by atoms with van der Waals surface area (Å²) >= 11 is 0. The molecule has 6 amide bonds. The van der Waals surface area contributed by atoms with Gasteiger partial charge in [0.05, 0.1) is 0 Å². The van der Waals surface area contributed by atoms with Crippen molar-refractivity contribution in [2.45, 2.75) is 6.92 Å². The van der Waals surface area contributed by atoms with Crippen LogP contribution in [0.3, 0.4) is 0 Å². The number of amides is 6. The topological polar surface area (TPSA) is 199 Å². The van der Waals surface area contributed by atoms with Crippen LogP contribution >= 0.6 is 0 Å². The third kappa shape index (κ3) is 10.1. The minimum atomic E-state index is -0.823. The van der Waals surface area contributed by atoms with E-state index in [1.54, 1.807) is 67.6 Å². The number of rotatable bonds is 8. The summed E-state index contributed by atoms with van der Waals surface area (Å²) in [6.45, 7) is 1.75.